The molecule has 0 radical (unpaired) electrons. The predicted octanol–water partition coefficient (Wildman–Crippen LogP) is 4.13. The summed E-state index contributed by atoms with van der Waals surface area (Å²) >= 11 is 5.92. The van der Waals surface area contributed by atoms with Crippen molar-refractivity contribution in [2.75, 3.05) is 19.6 Å². The first-order valence-corrected chi connectivity index (χ1v) is 13.9. The monoisotopic (exact) mass is 558 g/mol. The van der Waals surface area contributed by atoms with Gasteiger partial charge in [0.2, 0.25) is 17.7 Å². The molecule has 3 amide bonds. The summed E-state index contributed by atoms with van der Waals surface area (Å²) < 4.78 is 0. The number of carbonyl (C=O) groups excluding carboxylic acids is 3. The second kappa shape index (κ2) is 14.4. The van der Waals surface area contributed by atoms with Gasteiger partial charge >= 0.3 is 0 Å². The van der Waals surface area contributed by atoms with E-state index in [-0.39, 0.29) is 30.2 Å². The molecule has 0 spiro atoms. The SMILES string of the molecule is NC(=O)CC[C@@H]1N[C@H](CNC(=O)/C=C/c2ccc(Cl)cc2)CCN(CC(c2ccccc2)c2ccccc2)C1=O. The molecule has 4 rings (SSSR count). The number of benzene rings is 3. The van der Waals surface area contributed by atoms with E-state index >= 15 is 0 Å². The fraction of sp³-hybridized carbons (Fsp3) is 0.281. The second-order valence-corrected chi connectivity index (χ2v) is 10.4. The Bertz CT molecular complexity index is 1260. The zero-order valence-electron chi connectivity index (χ0n) is 22.3. The molecule has 0 saturated carbocycles. The lowest BCUT2D eigenvalue weighted by molar-refractivity contribution is -0.133. The van der Waals surface area contributed by atoms with Crippen molar-refractivity contribution < 1.29 is 14.4 Å². The average molecular weight is 559 g/mol. The topological polar surface area (TPSA) is 105 Å². The summed E-state index contributed by atoms with van der Waals surface area (Å²) in [5.74, 6) is -0.743. The van der Waals surface area contributed by atoms with Gasteiger partial charge in [0.1, 0.15) is 0 Å². The normalized spacial score (nSPS) is 17.6. The number of rotatable bonds is 11. The Morgan fingerprint density at radius 2 is 1.62 bits per heavy atom. The third kappa shape index (κ3) is 8.53. The van der Waals surface area contributed by atoms with E-state index in [0.717, 1.165) is 16.7 Å². The molecular formula is C32H35ClN4O3. The van der Waals surface area contributed by atoms with Crippen molar-refractivity contribution in [2.24, 2.45) is 5.73 Å². The summed E-state index contributed by atoms with van der Waals surface area (Å²) in [5.41, 5.74) is 8.54. The van der Waals surface area contributed by atoms with E-state index in [1.165, 1.54) is 6.08 Å². The van der Waals surface area contributed by atoms with E-state index in [2.05, 4.69) is 34.9 Å². The highest BCUT2D eigenvalue weighted by Gasteiger charge is 2.32. The van der Waals surface area contributed by atoms with Gasteiger partial charge in [-0.3, -0.25) is 14.4 Å². The first kappa shape index (κ1) is 29.1. The van der Waals surface area contributed by atoms with Crippen LogP contribution >= 0.6 is 11.6 Å². The molecule has 0 aliphatic carbocycles. The van der Waals surface area contributed by atoms with Gasteiger partial charge in [-0.15, -0.1) is 0 Å². The Morgan fingerprint density at radius 3 is 2.23 bits per heavy atom. The van der Waals surface area contributed by atoms with E-state index < -0.39 is 11.9 Å². The van der Waals surface area contributed by atoms with Crippen molar-refractivity contribution >= 4 is 35.4 Å². The van der Waals surface area contributed by atoms with Crippen molar-refractivity contribution in [3.05, 3.63) is 113 Å². The quantitative estimate of drug-likeness (QED) is 0.308. The third-order valence-corrected chi connectivity index (χ3v) is 7.35. The smallest absolute Gasteiger partial charge is 0.244 e. The zero-order valence-corrected chi connectivity index (χ0v) is 23.1. The van der Waals surface area contributed by atoms with Gasteiger partial charge in [0.25, 0.3) is 0 Å². The molecule has 3 aromatic carbocycles. The maximum Gasteiger partial charge on any atom is 0.244 e. The highest BCUT2D eigenvalue weighted by Crippen LogP contribution is 2.27. The molecule has 208 valence electrons. The van der Waals surface area contributed by atoms with Crippen LogP contribution in [-0.4, -0.2) is 54.3 Å². The molecule has 1 aliphatic rings. The highest BCUT2D eigenvalue weighted by atomic mass is 35.5. The van der Waals surface area contributed by atoms with Crippen molar-refractivity contribution in [1.82, 2.24) is 15.5 Å². The van der Waals surface area contributed by atoms with Crippen LogP contribution in [-0.2, 0) is 14.4 Å². The Hall–Kier alpha value is -3.94. The van der Waals surface area contributed by atoms with Gasteiger partial charge in [0.05, 0.1) is 6.04 Å². The summed E-state index contributed by atoms with van der Waals surface area (Å²) in [6.45, 7) is 1.37. The second-order valence-electron chi connectivity index (χ2n) is 10.00. The van der Waals surface area contributed by atoms with Crippen molar-refractivity contribution in [3.8, 4) is 0 Å². The molecule has 2 atom stereocenters. The minimum atomic E-state index is -0.575. The minimum Gasteiger partial charge on any atom is -0.370 e. The maximum absolute atomic E-state index is 13.7. The lowest BCUT2D eigenvalue weighted by atomic mass is 9.90. The number of carbonyl (C=O) groups is 3. The third-order valence-electron chi connectivity index (χ3n) is 7.10. The molecule has 4 N–H and O–H groups in total. The lowest BCUT2D eigenvalue weighted by Gasteiger charge is -2.29. The van der Waals surface area contributed by atoms with E-state index in [0.29, 0.717) is 37.5 Å². The van der Waals surface area contributed by atoms with Crippen LogP contribution in [0.4, 0.5) is 0 Å². The number of primary amides is 1. The molecule has 0 unspecified atom stereocenters. The van der Waals surface area contributed by atoms with Crippen LogP contribution in [0.2, 0.25) is 5.02 Å². The Balaban J connectivity index is 1.46. The first-order chi connectivity index (χ1) is 19.4. The van der Waals surface area contributed by atoms with Crippen LogP contribution in [0, 0.1) is 0 Å². The van der Waals surface area contributed by atoms with Gasteiger partial charge in [0, 0.05) is 49.1 Å². The predicted molar refractivity (Wildman–Crippen MR) is 159 cm³/mol. The van der Waals surface area contributed by atoms with Crippen LogP contribution in [0.3, 0.4) is 0 Å². The molecular weight excluding hydrogens is 524 g/mol. The van der Waals surface area contributed by atoms with Crippen molar-refractivity contribution in [3.63, 3.8) is 0 Å². The first-order valence-electron chi connectivity index (χ1n) is 13.5. The van der Waals surface area contributed by atoms with Crippen LogP contribution in [0.25, 0.3) is 6.08 Å². The van der Waals surface area contributed by atoms with Gasteiger partial charge < -0.3 is 21.3 Å². The fourth-order valence-corrected chi connectivity index (χ4v) is 5.07. The molecule has 8 heteroatoms. The number of nitrogens with zero attached hydrogens (tertiary/aromatic N) is 1. The number of hydrogen-bond donors (Lipinski definition) is 3. The highest BCUT2D eigenvalue weighted by molar-refractivity contribution is 6.30. The molecule has 40 heavy (non-hydrogen) atoms. The van der Waals surface area contributed by atoms with Gasteiger partial charge in [-0.25, -0.2) is 0 Å². The molecule has 0 aromatic heterocycles. The van der Waals surface area contributed by atoms with Gasteiger partial charge in [-0.05, 0) is 47.7 Å². The van der Waals surface area contributed by atoms with Crippen LogP contribution in [0.5, 0.6) is 0 Å². The van der Waals surface area contributed by atoms with E-state index in [1.807, 2.05) is 53.4 Å². The van der Waals surface area contributed by atoms with Crippen LogP contribution < -0.4 is 16.4 Å². The maximum atomic E-state index is 13.7. The summed E-state index contributed by atoms with van der Waals surface area (Å²) in [6.07, 6.45) is 4.25. The average Bonchev–Trinajstić information content (AvgIpc) is 3.12. The molecule has 1 saturated heterocycles. The number of amides is 3. The van der Waals surface area contributed by atoms with E-state index in [4.69, 9.17) is 17.3 Å². The van der Waals surface area contributed by atoms with Crippen LogP contribution in [0.15, 0.2) is 91.0 Å². The Morgan fingerprint density at radius 1 is 1.00 bits per heavy atom. The van der Waals surface area contributed by atoms with Crippen molar-refractivity contribution in [1.29, 1.82) is 0 Å². The molecule has 1 aliphatic heterocycles. The van der Waals surface area contributed by atoms with Gasteiger partial charge in [-0.1, -0.05) is 84.4 Å². The van der Waals surface area contributed by atoms with Crippen LogP contribution in [0.1, 0.15) is 41.9 Å². The van der Waals surface area contributed by atoms with E-state index in [9.17, 15) is 14.4 Å². The summed E-state index contributed by atoms with van der Waals surface area (Å²) in [6, 6.07) is 26.8. The standard InChI is InChI=1S/C32H35ClN4O3/c33-26-14-11-23(12-15-26)13-18-31(39)35-21-27-19-20-37(32(40)29(36-27)16-17-30(34)38)22-28(24-7-3-1-4-8-24)25-9-5-2-6-10-25/h1-15,18,27-29,36H,16-17,19-22H2,(H2,34,38)(H,35,39)/b18-13+/t27-,29-/m0/s1. The van der Waals surface area contributed by atoms with Gasteiger partial charge in [0.15, 0.2) is 0 Å². The van der Waals surface area contributed by atoms with Gasteiger partial charge in [-0.2, -0.15) is 0 Å². The molecule has 0 bridgehead atoms. The molecule has 3 aromatic rings. The zero-order chi connectivity index (χ0) is 28.3. The molecule has 1 heterocycles. The number of nitrogens with two attached hydrogens (primary N) is 1. The largest absolute Gasteiger partial charge is 0.370 e. The molecule has 7 nitrogen and oxygen atoms in total. The lowest BCUT2D eigenvalue weighted by Crippen LogP contribution is -2.49. The van der Waals surface area contributed by atoms with Crippen molar-refractivity contribution in [2.45, 2.75) is 37.3 Å². The number of halogens is 1. The fourth-order valence-electron chi connectivity index (χ4n) is 4.94. The summed E-state index contributed by atoms with van der Waals surface area (Å²) in [5, 5.41) is 6.95. The number of hydrogen-bond acceptors (Lipinski definition) is 4. The summed E-state index contributed by atoms with van der Waals surface area (Å²) in [4.78, 5) is 39.7. The van der Waals surface area contributed by atoms with E-state index in [1.54, 1.807) is 18.2 Å². The number of nitrogens with one attached hydrogen (secondary N) is 2. The Kier molecular flexibility index (Phi) is 10.5. The Labute approximate surface area is 240 Å². The molecule has 1 fully saturated rings. The summed E-state index contributed by atoms with van der Waals surface area (Å²) in [7, 11) is 0. The minimum absolute atomic E-state index is 0.00241.